The summed E-state index contributed by atoms with van der Waals surface area (Å²) < 4.78 is 0. The third-order valence-corrected chi connectivity index (χ3v) is 10.3. The number of para-hydroxylation sites is 1. The summed E-state index contributed by atoms with van der Waals surface area (Å²) in [7, 11) is 0. The number of hydrogen-bond acceptors (Lipinski definition) is 12. The zero-order valence-electron chi connectivity index (χ0n) is 37.0. The number of aromatic nitrogens is 3. The number of rotatable bonds is 10. The van der Waals surface area contributed by atoms with Gasteiger partial charge < -0.3 is 31.2 Å². The third-order valence-electron chi connectivity index (χ3n) is 9.33. The molecule has 11 N–H and O–H groups in total. The number of carboxylic acid groups (broad SMARTS) is 1. The Labute approximate surface area is 410 Å². The van der Waals surface area contributed by atoms with Crippen molar-refractivity contribution in [1.82, 2.24) is 31.4 Å². The quantitative estimate of drug-likeness (QED) is 0.0204. The molecular weight excluding hydrogens is 930 g/mol. The predicted octanol–water partition coefficient (Wildman–Crippen LogP) is 8.28. The molecule has 0 saturated carbocycles. The van der Waals surface area contributed by atoms with E-state index in [-0.39, 0.29) is 30.8 Å². The number of nitrogen functional groups attached to an aromatic ring is 1. The van der Waals surface area contributed by atoms with Crippen molar-refractivity contribution in [2.45, 2.75) is 79.7 Å². The van der Waals surface area contributed by atoms with Crippen molar-refractivity contribution in [3.05, 3.63) is 164 Å². The lowest BCUT2D eigenvalue weighted by atomic mass is 9.97. The number of carbonyl (C=O) groups is 4. The lowest BCUT2D eigenvalue weighted by Gasteiger charge is -2.30. The lowest BCUT2D eigenvalue weighted by molar-refractivity contribution is -0.142. The molecular formula is C48H57Cl2N11O8. The minimum absolute atomic E-state index is 0. The van der Waals surface area contributed by atoms with Crippen LogP contribution in [-0.2, 0) is 9.59 Å². The van der Waals surface area contributed by atoms with Gasteiger partial charge in [-0.1, -0.05) is 104 Å². The highest BCUT2D eigenvalue weighted by Crippen LogP contribution is 2.35. The summed E-state index contributed by atoms with van der Waals surface area (Å²) in [4.78, 5) is 54.0. The molecule has 0 fully saturated rings. The van der Waals surface area contributed by atoms with Crippen LogP contribution >= 0.6 is 23.2 Å². The van der Waals surface area contributed by atoms with Gasteiger partial charge in [-0.15, -0.1) is 5.10 Å². The molecule has 1 heterocycles. The van der Waals surface area contributed by atoms with Crippen molar-refractivity contribution in [1.29, 1.82) is 0 Å². The predicted molar refractivity (Wildman–Crippen MR) is 268 cm³/mol. The molecule has 0 aliphatic heterocycles. The van der Waals surface area contributed by atoms with Gasteiger partial charge in [0.05, 0.1) is 34.4 Å². The number of nitrogens with one attached hydrogen (secondary N) is 5. The number of anilines is 2. The number of carboxylic acids is 1. The fraction of sp³-hybridized carbons (Fsp3) is 0.250. The molecule has 69 heavy (non-hydrogen) atoms. The minimum atomic E-state index is -1.46. The van der Waals surface area contributed by atoms with Crippen molar-refractivity contribution in [3.8, 4) is 0 Å². The molecule has 0 saturated heterocycles. The van der Waals surface area contributed by atoms with E-state index in [1.165, 1.54) is 39.8 Å². The fourth-order valence-electron chi connectivity index (χ4n) is 5.62. The smallest absolute Gasteiger partial charge is 0.329 e. The zero-order valence-corrected chi connectivity index (χ0v) is 38.6. The molecule has 6 rings (SSSR count). The Morgan fingerprint density at radius 2 is 1.09 bits per heavy atom. The molecule has 6 aromatic rings. The number of benzene rings is 5. The van der Waals surface area contributed by atoms with Crippen molar-refractivity contribution in [2.75, 3.05) is 10.6 Å². The number of carbonyl (C=O) groups excluding carboxylic acids is 3. The second kappa shape index (κ2) is 27.1. The van der Waals surface area contributed by atoms with Crippen LogP contribution in [0.4, 0.5) is 22.7 Å². The third kappa shape index (κ3) is 17.1. The Morgan fingerprint density at radius 3 is 1.49 bits per heavy atom. The lowest BCUT2D eigenvalue weighted by Crippen LogP contribution is -2.56. The van der Waals surface area contributed by atoms with E-state index in [1.807, 2.05) is 23.6 Å². The number of aliphatic hydroxyl groups is 2. The molecule has 1 aromatic heterocycles. The summed E-state index contributed by atoms with van der Waals surface area (Å²) in [6.07, 6.45) is 0. The second-order valence-corrected chi connectivity index (χ2v) is 16.0. The van der Waals surface area contributed by atoms with Crippen LogP contribution < -0.4 is 32.8 Å². The largest absolute Gasteiger partial charge is 0.480 e. The average Bonchev–Trinajstić information content (AvgIpc) is 3.69. The molecule has 366 valence electrons. The number of halogens is 2. The molecule has 21 heteroatoms. The second-order valence-electron chi connectivity index (χ2n) is 15.3. The first-order valence-electron chi connectivity index (χ1n) is 19.8. The fourth-order valence-corrected chi connectivity index (χ4v) is 6.04. The Morgan fingerprint density at radius 1 is 0.667 bits per heavy atom. The van der Waals surface area contributed by atoms with Gasteiger partial charge >= 0.3 is 5.97 Å². The molecule has 5 aromatic carbocycles. The van der Waals surface area contributed by atoms with E-state index < -0.39 is 41.1 Å². The molecule has 0 radical (unpaired) electrons. The van der Waals surface area contributed by atoms with Gasteiger partial charge in [-0.25, -0.2) is 20.3 Å². The Hall–Kier alpha value is -7.78. The van der Waals surface area contributed by atoms with Gasteiger partial charge in [0, 0.05) is 22.5 Å². The van der Waals surface area contributed by atoms with Crippen LogP contribution in [0, 0.1) is 27.0 Å². The normalized spacial score (nSPS) is 11.1. The van der Waals surface area contributed by atoms with Crippen LogP contribution in [0.25, 0.3) is 20.7 Å². The Kier molecular flexibility index (Phi) is 23.3. The van der Waals surface area contributed by atoms with Gasteiger partial charge in [-0.05, 0) is 106 Å². The SMILES string of the molecule is C.C.NNC(=O)c1ccccc1.On1nnc2ccccc21.[C-]#[N+]c1ccc(N[C@@H](C(=O)NNC(=O)c2ccccc2)C(C)(C)O)c(C)c1Cl.[C-]#[N+]c1ccc(N[C@@H](C(=O)O)C(C)(C)O)c(C)c1Cl. The Bertz CT molecular complexity index is 2750. The van der Waals surface area contributed by atoms with Gasteiger partial charge in [-0.2, -0.15) is 0 Å². The first kappa shape index (κ1) is 59.2. The van der Waals surface area contributed by atoms with E-state index in [4.69, 9.17) is 52.5 Å². The van der Waals surface area contributed by atoms with Crippen LogP contribution in [0.15, 0.2) is 109 Å². The van der Waals surface area contributed by atoms with Gasteiger partial charge in [0.15, 0.2) is 6.04 Å². The maximum Gasteiger partial charge on any atom is 0.329 e. The number of amides is 3. The number of aliphatic carboxylic acids is 1. The minimum Gasteiger partial charge on any atom is -0.480 e. The number of hydrazine groups is 2. The summed E-state index contributed by atoms with van der Waals surface area (Å²) in [5.41, 5.74) is 8.80. The summed E-state index contributed by atoms with van der Waals surface area (Å²) in [6.45, 7) is 23.2. The highest BCUT2D eigenvalue weighted by atomic mass is 35.5. The zero-order chi connectivity index (χ0) is 50.1. The van der Waals surface area contributed by atoms with Crippen molar-refractivity contribution < 1.29 is 39.7 Å². The molecule has 0 aliphatic rings. The summed E-state index contributed by atoms with van der Waals surface area (Å²) in [5.74, 6) is 2.35. The van der Waals surface area contributed by atoms with E-state index in [0.717, 1.165) is 4.85 Å². The highest BCUT2D eigenvalue weighted by molar-refractivity contribution is 6.35. The summed E-state index contributed by atoms with van der Waals surface area (Å²) >= 11 is 12.2. The molecule has 0 bridgehead atoms. The van der Waals surface area contributed by atoms with E-state index >= 15 is 0 Å². The van der Waals surface area contributed by atoms with Gasteiger partial charge in [0.2, 0.25) is 11.4 Å². The van der Waals surface area contributed by atoms with E-state index in [2.05, 4.69) is 41.5 Å². The van der Waals surface area contributed by atoms with Gasteiger partial charge in [-0.3, -0.25) is 30.7 Å². The standard InChI is InChI=1S/C20H21ClN4O3.C13H15ClN2O3.C7H8N2O.C6H5N3O.2CH4/c1-12-14(10-11-15(22-4)16(12)21)23-17(20(2,3)28)19(27)25-24-18(26)13-8-6-5-7-9-13;1-7-8(5-6-9(15-4)10(7)14)16-11(12(17)18)13(2,3)19;8-9-7(10)6-4-2-1-3-5-6;10-9-6-4-2-1-3-5(6)7-8-9;;/h5-11,17,23,28H,1-3H3,(H,24,26)(H,25,27);5-6,11,16,19H,1-3H3,(H,17,18);1-5H,8H2,(H,9,10);1-4,10H;2*1H4/t17-;11-;;;;/m00..../s1. The summed E-state index contributed by atoms with van der Waals surface area (Å²) in [6, 6.07) is 28.3. The van der Waals surface area contributed by atoms with Crippen LogP contribution in [0.3, 0.4) is 0 Å². The molecule has 0 unspecified atom stereocenters. The van der Waals surface area contributed by atoms with Crippen LogP contribution in [0.2, 0.25) is 10.0 Å². The first-order valence-corrected chi connectivity index (χ1v) is 20.6. The van der Waals surface area contributed by atoms with E-state index in [9.17, 15) is 29.4 Å². The van der Waals surface area contributed by atoms with Crippen molar-refractivity contribution in [2.24, 2.45) is 5.84 Å². The topological polar surface area (TPSA) is 275 Å². The van der Waals surface area contributed by atoms with Crippen LogP contribution in [0.1, 0.15) is 74.4 Å². The van der Waals surface area contributed by atoms with Crippen molar-refractivity contribution in [3.63, 3.8) is 0 Å². The molecule has 19 nitrogen and oxygen atoms in total. The van der Waals surface area contributed by atoms with Gasteiger partial charge in [0.1, 0.15) is 17.1 Å². The van der Waals surface area contributed by atoms with E-state index in [0.29, 0.717) is 56.0 Å². The molecule has 2 atom stereocenters. The van der Waals surface area contributed by atoms with Gasteiger partial charge in [0.25, 0.3) is 17.7 Å². The summed E-state index contributed by atoms with van der Waals surface area (Å²) in [5, 5.41) is 51.7. The number of hydrogen-bond donors (Lipinski definition) is 10. The van der Waals surface area contributed by atoms with E-state index in [1.54, 1.807) is 92.7 Å². The Balaban J connectivity index is 0.000000498. The maximum atomic E-state index is 12.6. The van der Waals surface area contributed by atoms with Crippen LogP contribution in [-0.4, -0.2) is 82.7 Å². The molecule has 0 aliphatic carbocycles. The molecule has 3 amide bonds. The van der Waals surface area contributed by atoms with Crippen molar-refractivity contribution >= 4 is 80.7 Å². The average molecular weight is 987 g/mol. The number of fused-ring (bicyclic) bond motifs is 1. The highest BCUT2D eigenvalue weighted by Gasteiger charge is 2.35. The first-order chi connectivity index (χ1) is 31.5. The van der Waals surface area contributed by atoms with Crippen LogP contribution in [0.5, 0.6) is 0 Å². The monoisotopic (exact) mass is 985 g/mol. The molecule has 0 spiro atoms. The number of nitrogens with zero attached hydrogens (tertiary/aromatic N) is 5. The maximum absolute atomic E-state index is 12.6. The number of nitrogens with two attached hydrogens (primary N) is 1.